The molecule has 1 rings (SSSR count). The first-order valence-corrected chi connectivity index (χ1v) is 5.69. The molecule has 0 fully saturated rings. The number of likely N-dealkylation sites (N-methyl/N-ethyl adjacent to an activating group) is 1. The third kappa shape index (κ3) is 3.75. The Bertz CT molecular complexity index is 390. The van der Waals surface area contributed by atoms with Crippen molar-refractivity contribution in [1.82, 2.24) is 0 Å². The fraction of sp³-hybridized carbons (Fsp3) is 0.462. The number of ketones is 1. The highest BCUT2D eigenvalue weighted by atomic mass is 16.5. The molecule has 0 amide bonds. The van der Waals surface area contributed by atoms with E-state index in [1.54, 1.807) is 12.1 Å². The van der Waals surface area contributed by atoms with E-state index in [9.17, 15) is 9.90 Å². The van der Waals surface area contributed by atoms with Crippen LogP contribution in [-0.4, -0.2) is 37.7 Å². The van der Waals surface area contributed by atoms with Gasteiger partial charge in [-0.25, -0.2) is 0 Å². The summed E-state index contributed by atoms with van der Waals surface area (Å²) in [5, 5.41) is 9.70. The van der Waals surface area contributed by atoms with Gasteiger partial charge in [0.25, 0.3) is 0 Å². The normalized spacial score (nSPS) is 10.3. The lowest BCUT2D eigenvalue weighted by Crippen LogP contribution is -2.22. The van der Waals surface area contributed by atoms with Crippen LogP contribution in [-0.2, 0) is 4.74 Å². The highest BCUT2D eigenvalue weighted by Gasteiger charge is 2.08. The average molecular weight is 237 g/mol. The highest BCUT2D eigenvalue weighted by molar-refractivity contribution is 5.97. The first-order chi connectivity index (χ1) is 8.06. The molecule has 0 saturated carbocycles. The minimum atomic E-state index is -0.133. The van der Waals surface area contributed by atoms with Gasteiger partial charge >= 0.3 is 0 Å². The van der Waals surface area contributed by atoms with E-state index in [0.29, 0.717) is 18.8 Å². The van der Waals surface area contributed by atoms with Gasteiger partial charge in [-0.1, -0.05) is 0 Å². The summed E-state index contributed by atoms with van der Waals surface area (Å²) in [6.45, 7) is 5.47. The Morgan fingerprint density at radius 2 is 2.18 bits per heavy atom. The Labute approximate surface area is 102 Å². The standard InChI is InChI=1S/C13H19NO3/c1-4-17-8-7-14(3)11-5-6-12(10(2)15)13(16)9-11/h5-6,9,16H,4,7-8H2,1-3H3. The summed E-state index contributed by atoms with van der Waals surface area (Å²) in [4.78, 5) is 13.1. The van der Waals surface area contributed by atoms with Crippen molar-refractivity contribution in [1.29, 1.82) is 0 Å². The maximum Gasteiger partial charge on any atom is 0.163 e. The number of hydrogen-bond donors (Lipinski definition) is 1. The molecule has 0 bridgehead atoms. The van der Waals surface area contributed by atoms with Gasteiger partial charge in [-0.2, -0.15) is 0 Å². The Morgan fingerprint density at radius 3 is 2.71 bits per heavy atom. The number of ether oxygens (including phenoxy) is 1. The summed E-state index contributed by atoms with van der Waals surface area (Å²) in [6.07, 6.45) is 0. The van der Waals surface area contributed by atoms with Crippen molar-refractivity contribution in [2.75, 3.05) is 31.7 Å². The lowest BCUT2D eigenvalue weighted by molar-refractivity contribution is 0.101. The largest absolute Gasteiger partial charge is 0.507 e. The van der Waals surface area contributed by atoms with Gasteiger partial charge in [-0.05, 0) is 26.0 Å². The highest BCUT2D eigenvalue weighted by Crippen LogP contribution is 2.24. The van der Waals surface area contributed by atoms with Crippen molar-refractivity contribution in [3.8, 4) is 5.75 Å². The first kappa shape index (κ1) is 13.5. The number of nitrogens with zero attached hydrogens (tertiary/aromatic N) is 1. The van der Waals surface area contributed by atoms with Crippen LogP contribution in [0.2, 0.25) is 0 Å². The minimum absolute atomic E-state index is 0.0262. The summed E-state index contributed by atoms with van der Waals surface area (Å²) >= 11 is 0. The van der Waals surface area contributed by atoms with E-state index in [4.69, 9.17) is 4.74 Å². The third-order valence-corrected chi connectivity index (χ3v) is 2.58. The molecule has 0 heterocycles. The molecule has 0 aromatic heterocycles. The van der Waals surface area contributed by atoms with E-state index in [0.717, 1.165) is 12.2 Å². The summed E-state index contributed by atoms with van der Waals surface area (Å²) < 4.78 is 5.26. The Morgan fingerprint density at radius 1 is 1.47 bits per heavy atom. The van der Waals surface area contributed by atoms with E-state index >= 15 is 0 Å². The van der Waals surface area contributed by atoms with Crippen molar-refractivity contribution in [2.45, 2.75) is 13.8 Å². The smallest absolute Gasteiger partial charge is 0.163 e. The predicted octanol–water partition coefficient (Wildman–Crippen LogP) is 2.07. The predicted molar refractivity (Wildman–Crippen MR) is 67.9 cm³/mol. The Balaban J connectivity index is 2.72. The van der Waals surface area contributed by atoms with Crippen LogP contribution in [0.5, 0.6) is 5.75 Å². The van der Waals surface area contributed by atoms with Crippen LogP contribution >= 0.6 is 0 Å². The first-order valence-electron chi connectivity index (χ1n) is 5.69. The number of phenols is 1. The van der Waals surface area contributed by atoms with Crippen LogP contribution in [0.3, 0.4) is 0 Å². The maximum absolute atomic E-state index is 11.2. The van der Waals surface area contributed by atoms with Crippen molar-refractivity contribution < 1.29 is 14.6 Å². The summed E-state index contributed by atoms with van der Waals surface area (Å²) in [6, 6.07) is 5.06. The molecule has 1 aromatic carbocycles. The molecule has 0 spiro atoms. The molecular weight excluding hydrogens is 218 g/mol. The van der Waals surface area contributed by atoms with Crippen LogP contribution in [0, 0.1) is 0 Å². The molecule has 0 atom stereocenters. The van der Waals surface area contributed by atoms with Crippen molar-refractivity contribution in [3.05, 3.63) is 23.8 Å². The number of rotatable bonds is 6. The molecule has 0 radical (unpaired) electrons. The fourth-order valence-corrected chi connectivity index (χ4v) is 1.53. The SMILES string of the molecule is CCOCCN(C)c1ccc(C(C)=O)c(O)c1. The number of aromatic hydroxyl groups is 1. The van der Waals surface area contributed by atoms with Crippen LogP contribution in [0.4, 0.5) is 5.69 Å². The van der Waals surface area contributed by atoms with Gasteiger partial charge in [0.1, 0.15) is 5.75 Å². The molecular formula is C13H19NO3. The van der Waals surface area contributed by atoms with Crippen LogP contribution < -0.4 is 4.90 Å². The van der Waals surface area contributed by atoms with Crippen LogP contribution in [0.15, 0.2) is 18.2 Å². The maximum atomic E-state index is 11.2. The van der Waals surface area contributed by atoms with Gasteiger partial charge in [-0.15, -0.1) is 0 Å². The quantitative estimate of drug-likeness (QED) is 0.608. The van der Waals surface area contributed by atoms with Crippen molar-refractivity contribution in [3.63, 3.8) is 0 Å². The van der Waals surface area contributed by atoms with Gasteiger partial charge in [-0.3, -0.25) is 4.79 Å². The Kier molecular flexibility index (Phi) is 4.97. The van der Waals surface area contributed by atoms with Gasteiger partial charge in [0.2, 0.25) is 0 Å². The number of carbonyl (C=O) groups excluding carboxylic acids is 1. The number of benzene rings is 1. The Hall–Kier alpha value is -1.55. The van der Waals surface area contributed by atoms with Gasteiger partial charge in [0.05, 0.1) is 12.2 Å². The monoisotopic (exact) mass is 237 g/mol. The molecule has 0 aliphatic heterocycles. The van der Waals surface area contributed by atoms with Gasteiger partial charge in [0, 0.05) is 32.0 Å². The van der Waals surface area contributed by atoms with E-state index in [1.165, 1.54) is 6.92 Å². The summed E-state index contributed by atoms with van der Waals surface area (Å²) in [5.41, 5.74) is 1.22. The van der Waals surface area contributed by atoms with E-state index < -0.39 is 0 Å². The lowest BCUT2D eigenvalue weighted by Gasteiger charge is -2.19. The van der Waals surface area contributed by atoms with Crippen LogP contribution in [0.25, 0.3) is 0 Å². The molecule has 1 aromatic rings. The molecule has 0 saturated heterocycles. The van der Waals surface area contributed by atoms with Crippen LogP contribution in [0.1, 0.15) is 24.2 Å². The van der Waals surface area contributed by atoms with E-state index in [-0.39, 0.29) is 11.5 Å². The number of carbonyl (C=O) groups is 1. The van der Waals surface area contributed by atoms with Crippen molar-refractivity contribution >= 4 is 11.5 Å². The molecule has 17 heavy (non-hydrogen) atoms. The molecule has 4 nitrogen and oxygen atoms in total. The van der Waals surface area contributed by atoms with E-state index in [2.05, 4.69) is 0 Å². The second kappa shape index (κ2) is 6.25. The van der Waals surface area contributed by atoms with Gasteiger partial charge < -0.3 is 14.7 Å². The zero-order chi connectivity index (χ0) is 12.8. The second-order valence-electron chi connectivity index (χ2n) is 3.88. The molecule has 4 heteroatoms. The number of hydrogen-bond acceptors (Lipinski definition) is 4. The summed E-state index contributed by atoms with van der Waals surface area (Å²) in [5.74, 6) is -0.107. The zero-order valence-electron chi connectivity index (χ0n) is 10.6. The topological polar surface area (TPSA) is 49.8 Å². The van der Waals surface area contributed by atoms with E-state index in [1.807, 2.05) is 24.9 Å². The molecule has 1 N–H and O–H groups in total. The molecule has 0 aliphatic carbocycles. The van der Waals surface area contributed by atoms with Gasteiger partial charge in [0.15, 0.2) is 5.78 Å². The fourth-order valence-electron chi connectivity index (χ4n) is 1.53. The minimum Gasteiger partial charge on any atom is -0.507 e. The molecule has 0 aliphatic rings. The number of phenolic OH excluding ortho intramolecular Hbond substituents is 1. The average Bonchev–Trinajstić information content (AvgIpc) is 2.28. The lowest BCUT2D eigenvalue weighted by atomic mass is 10.1. The summed E-state index contributed by atoms with van der Waals surface area (Å²) in [7, 11) is 1.92. The number of Topliss-reactive ketones (excluding diaryl/α,β-unsaturated/α-hetero) is 1. The number of anilines is 1. The zero-order valence-corrected chi connectivity index (χ0v) is 10.6. The molecule has 0 unspecified atom stereocenters. The van der Waals surface area contributed by atoms with Crippen molar-refractivity contribution in [2.24, 2.45) is 0 Å². The third-order valence-electron chi connectivity index (χ3n) is 2.58. The molecule has 94 valence electrons. The second-order valence-corrected chi connectivity index (χ2v) is 3.88.